The predicted octanol–water partition coefficient (Wildman–Crippen LogP) is 16.9. The molecule has 0 saturated heterocycles. The normalized spacial score (nSPS) is 11.9. The maximum absolute atomic E-state index is 2.49. The van der Waals surface area contributed by atoms with Gasteiger partial charge in [-0.3, -0.25) is 0 Å². The Morgan fingerprint density at radius 2 is 0.860 bits per heavy atom. The van der Waals surface area contributed by atoms with Crippen LogP contribution >= 0.6 is 34.0 Å². The molecule has 9 aromatic carbocycles. The average Bonchev–Trinajstić information content (AvgIpc) is 3.96. The molecule has 0 aliphatic carbocycles. The van der Waals surface area contributed by atoms with Gasteiger partial charge in [0.2, 0.25) is 0 Å². The molecule has 3 heterocycles. The zero-order valence-corrected chi connectivity index (χ0v) is 33.0. The lowest BCUT2D eigenvalue weighted by Gasteiger charge is -2.30. The maximum Gasteiger partial charge on any atom is 0.0640 e. The summed E-state index contributed by atoms with van der Waals surface area (Å²) >= 11 is 5.63. The first-order valence-corrected chi connectivity index (χ1v) is 21.6. The van der Waals surface area contributed by atoms with Crippen LogP contribution in [0.1, 0.15) is 0 Å². The van der Waals surface area contributed by atoms with Gasteiger partial charge >= 0.3 is 0 Å². The first-order chi connectivity index (χ1) is 28.3. The van der Waals surface area contributed by atoms with Crippen LogP contribution in [0.4, 0.5) is 34.1 Å². The van der Waals surface area contributed by atoms with E-state index in [1.807, 2.05) is 34.0 Å². The van der Waals surface area contributed by atoms with E-state index in [0.29, 0.717) is 0 Å². The van der Waals surface area contributed by atoms with Crippen molar-refractivity contribution in [2.75, 3.05) is 9.80 Å². The van der Waals surface area contributed by atoms with Crippen molar-refractivity contribution >= 4 is 139 Å². The van der Waals surface area contributed by atoms with Crippen LogP contribution in [-0.2, 0) is 0 Å². The molecule has 3 aromatic heterocycles. The Kier molecular flexibility index (Phi) is 7.48. The molecule has 0 bridgehead atoms. The van der Waals surface area contributed by atoms with E-state index < -0.39 is 0 Å². The van der Waals surface area contributed by atoms with E-state index in [1.54, 1.807) is 0 Å². The SMILES string of the molecule is c1ccc(N(c2cc(N(c3ccccc3)c3ccc4c(c3)sc3ccccc34)c3c(c2)sc2ccc4ccccc4c23)c2cccc3c2sc2ccccc23)cc1. The highest BCUT2D eigenvalue weighted by Gasteiger charge is 2.25. The van der Waals surface area contributed by atoms with E-state index in [0.717, 1.165) is 28.4 Å². The fourth-order valence-corrected chi connectivity index (χ4v) is 12.2. The summed E-state index contributed by atoms with van der Waals surface area (Å²) in [6, 6.07) is 71.4. The molecule has 0 radical (unpaired) electrons. The lowest BCUT2D eigenvalue weighted by atomic mass is 10.0. The molecule has 0 fully saturated rings. The number of anilines is 6. The van der Waals surface area contributed by atoms with Crippen LogP contribution in [0.15, 0.2) is 194 Å². The molecule has 2 nitrogen and oxygen atoms in total. The van der Waals surface area contributed by atoms with Crippen molar-refractivity contribution in [1.82, 2.24) is 0 Å². The summed E-state index contributed by atoms with van der Waals surface area (Å²) in [5.41, 5.74) is 6.83. The minimum absolute atomic E-state index is 1.12. The Balaban J connectivity index is 1.20. The van der Waals surface area contributed by atoms with Gasteiger partial charge in [-0.2, -0.15) is 0 Å². The molecular weight excluding hydrogens is 749 g/mol. The molecule has 0 unspecified atom stereocenters. The summed E-state index contributed by atoms with van der Waals surface area (Å²) in [5, 5.41) is 10.3. The first kappa shape index (κ1) is 32.7. The molecule has 0 N–H and O–H groups in total. The molecule has 12 aromatic rings. The van der Waals surface area contributed by atoms with Gasteiger partial charge in [0.25, 0.3) is 0 Å². The van der Waals surface area contributed by atoms with E-state index in [1.165, 1.54) is 77.0 Å². The van der Waals surface area contributed by atoms with Gasteiger partial charge in [-0.05, 0) is 83.6 Å². The molecule has 5 heteroatoms. The molecule has 0 amide bonds. The molecule has 57 heavy (non-hydrogen) atoms. The van der Waals surface area contributed by atoms with Crippen molar-refractivity contribution in [3.8, 4) is 0 Å². The maximum atomic E-state index is 2.49. The molecule has 268 valence electrons. The zero-order valence-electron chi connectivity index (χ0n) is 30.6. The largest absolute Gasteiger partial charge is 0.310 e. The van der Waals surface area contributed by atoms with Gasteiger partial charge in [-0.25, -0.2) is 0 Å². The third-order valence-corrected chi connectivity index (χ3v) is 14.6. The number of para-hydroxylation sites is 2. The van der Waals surface area contributed by atoms with Gasteiger partial charge in [0.05, 0.1) is 16.1 Å². The highest BCUT2D eigenvalue weighted by atomic mass is 32.1. The van der Waals surface area contributed by atoms with Crippen molar-refractivity contribution < 1.29 is 0 Å². The topological polar surface area (TPSA) is 6.48 Å². The van der Waals surface area contributed by atoms with Gasteiger partial charge in [0, 0.05) is 78.6 Å². The van der Waals surface area contributed by atoms with E-state index in [4.69, 9.17) is 0 Å². The summed E-state index contributed by atoms with van der Waals surface area (Å²) < 4.78 is 7.71. The lowest BCUT2D eigenvalue weighted by molar-refractivity contribution is 1.28. The molecule has 12 rings (SSSR count). The van der Waals surface area contributed by atoms with Crippen LogP contribution in [0, 0.1) is 0 Å². The van der Waals surface area contributed by atoms with Crippen LogP contribution in [0.25, 0.3) is 71.3 Å². The van der Waals surface area contributed by atoms with Crippen molar-refractivity contribution in [2.45, 2.75) is 0 Å². The van der Waals surface area contributed by atoms with Gasteiger partial charge < -0.3 is 9.80 Å². The quantitative estimate of drug-likeness (QED) is 0.166. The number of hydrogen-bond donors (Lipinski definition) is 0. The Morgan fingerprint density at radius 1 is 0.281 bits per heavy atom. The Morgan fingerprint density at radius 3 is 1.63 bits per heavy atom. The van der Waals surface area contributed by atoms with Crippen molar-refractivity contribution in [3.05, 3.63) is 194 Å². The number of nitrogens with zero attached hydrogens (tertiary/aromatic N) is 2. The number of rotatable bonds is 6. The smallest absolute Gasteiger partial charge is 0.0640 e. The van der Waals surface area contributed by atoms with E-state index in [-0.39, 0.29) is 0 Å². The van der Waals surface area contributed by atoms with Crippen molar-refractivity contribution in [1.29, 1.82) is 0 Å². The lowest BCUT2D eigenvalue weighted by Crippen LogP contribution is -2.13. The monoisotopic (exact) mass is 780 g/mol. The van der Waals surface area contributed by atoms with E-state index in [9.17, 15) is 0 Å². The number of fused-ring (bicyclic) bond motifs is 11. The summed E-state index contributed by atoms with van der Waals surface area (Å²) in [6.07, 6.45) is 0. The summed E-state index contributed by atoms with van der Waals surface area (Å²) in [6.45, 7) is 0. The fraction of sp³-hybridized carbons (Fsp3) is 0. The fourth-order valence-electron chi connectivity index (χ4n) is 8.71. The number of benzene rings is 9. The summed E-state index contributed by atoms with van der Waals surface area (Å²) in [4.78, 5) is 4.97. The minimum Gasteiger partial charge on any atom is -0.310 e. The van der Waals surface area contributed by atoms with Crippen LogP contribution in [0.5, 0.6) is 0 Å². The molecule has 0 aliphatic rings. The first-order valence-electron chi connectivity index (χ1n) is 19.2. The van der Waals surface area contributed by atoms with Crippen LogP contribution in [-0.4, -0.2) is 0 Å². The number of hydrogen-bond acceptors (Lipinski definition) is 5. The Hall–Kier alpha value is -6.50. The van der Waals surface area contributed by atoms with Gasteiger partial charge in [0.15, 0.2) is 0 Å². The van der Waals surface area contributed by atoms with Gasteiger partial charge in [-0.1, -0.05) is 121 Å². The van der Waals surface area contributed by atoms with Crippen molar-refractivity contribution in [3.63, 3.8) is 0 Å². The van der Waals surface area contributed by atoms with Crippen molar-refractivity contribution in [2.24, 2.45) is 0 Å². The minimum atomic E-state index is 1.12. The second-order valence-corrected chi connectivity index (χ2v) is 17.7. The molecule has 0 aliphatic heterocycles. The van der Waals surface area contributed by atoms with Gasteiger partial charge in [-0.15, -0.1) is 34.0 Å². The zero-order chi connectivity index (χ0) is 37.5. The predicted molar refractivity (Wildman–Crippen MR) is 252 cm³/mol. The van der Waals surface area contributed by atoms with Crippen LogP contribution in [0.3, 0.4) is 0 Å². The summed E-state index contributed by atoms with van der Waals surface area (Å²) in [5.74, 6) is 0. The van der Waals surface area contributed by atoms with Crippen LogP contribution in [0.2, 0.25) is 0 Å². The Labute approximate surface area is 341 Å². The molecule has 0 spiro atoms. The standard InChI is InChI=1S/C52H32N2S3/c1-3-15-34(16-4-1)53(36-27-28-41-39-20-9-11-24-45(39)55-48(41)31-36)44-30-37(32-49-51(44)50-38-19-8-7-14-33(38)26-29-47(50)56-49)54(35-17-5-2-6-18-35)43-23-13-22-42-40-21-10-12-25-46(40)57-52(42)43/h1-32H. The third kappa shape index (κ3) is 5.20. The second-order valence-electron chi connectivity index (χ2n) is 14.5. The average molecular weight is 781 g/mol. The summed E-state index contributed by atoms with van der Waals surface area (Å²) in [7, 11) is 0. The highest BCUT2D eigenvalue weighted by molar-refractivity contribution is 7.27. The molecule has 0 atom stereocenters. The van der Waals surface area contributed by atoms with Gasteiger partial charge in [0.1, 0.15) is 0 Å². The van der Waals surface area contributed by atoms with Crippen LogP contribution < -0.4 is 9.80 Å². The molecular formula is C52H32N2S3. The highest BCUT2D eigenvalue weighted by Crippen LogP contribution is 2.52. The third-order valence-electron chi connectivity index (χ3n) is 11.2. The molecule has 0 saturated carbocycles. The Bertz CT molecular complexity index is 3490. The van der Waals surface area contributed by atoms with E-state index >= 15 is 0 Å². The number of thiophene rings is 3. The van der Waals surface area contributed by atoms with E-state index in [2.05, 4.69) is 204 Å². The second kappa shape index (κ2) is 13.0.